The van der Waals surface area contributed by atoms with Crippen LogP contribution in [0.4, 0.5) is 0 Å². The SMILES string of the molecule is Cc1nc(C)n(CCCOc2ccccc2CN)n1. The summed E-state index contributed by atoms with van der Waals surface area (Å²) in [7, 11) is 0. The van der Waals surface area contributed by atoms with Crippen LogP contribution in [-0.4, -0.2) is 21.4 Å². The maximum Gasteiger partial charge on any atom is 0.147 e. The van der Waals surface area contributed by atoms with Crippen LogP contribution in [0.25, 0.3) is 0 Å². The Labute approximate surface area is 113 Å². The van der Waals surface area contributed by atoms with Gasteiger partial charge in [0.25, 0.3) is 0 Å². The summed E-state index contributed by atoms with van der Waals surface area (Å²) in [4.78, 5) is 4.27. The van der Waals surface area contributed by atoms with Gasteiger partial charge < -0.3 is 10.5 Å². The maximum atomic E-state index is 5.75. The molecule has 2 N–H and O–H groups in total. The predicted molar refractivity (Wildman–Crippen MR) is 73.9 cm³/mol. The van der Waals surface area contributed by atoms with E-state index in [-0.39, 0.29) is 0 Å². The van der Waals surface area contributed by atoms with E-state index in [1.54, 1.807) is 0 Å². The number of aryl methyl sites for hydroxylation is 3. The molecule has 1 heterocycles. The molecule has 0 bridgehead atoms. The van der Waals surface area contributed by atoms with E-state index < -0.39 is 0 Å². The van der Waals surface area contributed by atoms with E-state index in [1.807, 2.05) is 42.8 Å². The van der Waals surface area contributed by atoms with Crippen molar-refractivity contribution in [3.8, 4) is 5.75 Å². The molecule has 0 atom stereocenters. The van der Waals surface area contributed by atoms with Crippen LogP contribution in [0.2, 0.25) is 0 Å². The molecule has 5 heteroatoms. The monoisotopic (exact) mass is 260 g/mol. The molecule has 0 aliphatic heterocycles. The Bertz CT molecular complexity index is 536. The summed E-state index contributed by atoms with van der Waals surface area (Å²) in [5.74, 6) is 2.63. The molecule has 102 valence electrons. The zero-order chi connectivity index (χ0) is 13.7. The molecule has 1 aromatic carbocycles. The van der Waals surface area contributed by atoms with Crippen molar-refractivity contribution in [1.82, 2.24) is 14.8 Å². The Kier molecular flexibility index (Phi) is 4.52. The minimum Gasteiger partial charge on any atom is -0.493 e. The molecule has 2 rings (SSSR count). The van der Waals surface area contributed by atoms with E-state index in [1.165, 1.54) is 0 Å². The molecular weight excluding hydrogens is 240 g/mol. The number of nitrogens with zero attached hydrogens (tertiary/aromatic N) is 3. The third-order valence-corrected chi connectivity index (χ3v) is 2.93. The zero-order valence-corrected chi connectivity index (χ0v) is 11.5. The Morgan fingerprint density at radius 1 is 1.26 bits per heavy atom. The second-order valence-electron chi connectivity index (χ2n) is 4.44. The molecule has 2 aromatic rings. The lowest BCUT2D eigenvalue weighted by Crippen LogP contribution is -2.09. The number of ether oxygens (including phenoxy) is 1. The lowest BCUT2D eigenvalue weighted by Gasteiger charge is -2.10. The molecule has 0 saturated heterocycles. The van der Waals surface area contributed by atoms with Crippen LogP contribution in [0, 0.1) is 13.8 Å². The number of hydrogen-bond acceptors (Lipinski definition) is 4. The van der Waals surface area contributed by atoms with Crippen molar-refractivity contribution >= 4 is 0 Å². The molecule has 0 unspecified atom stereocenters. The largest absolute Gasteiger partial charge is 0.493 e. The van der Waals surface area contributed by atoms with Crippen LogP contribution in [0.5, 0.6) is 5.75 Å². The van der Waals surface area contributed by atoms with E-state index in [2.05, 4.69) is 10.1 Å². The van der Waals surface area contributed by atoms with Crippen LogP contribution in [0.1, 0.15) is 23.6 Å². The van der Waals surface area contributed by atoms with Gasteiger partial charge in [-0.25, -0.2) is 9.67 Å². The van der Waals surface area contributed by atoms with E-state index in [0.717, 1.165) is 35.9 Å². The molecule has 0 saturated carbocycles. The Morgan fingerprint density at radius 3 is 2.74 bits per heavy atom. The van der Waals surface area contributed by atoms with Gasteiger partial charge in [-0.2, -0.15) is 5.10 Å². The first-order valence-corrected chi connectivity index (χ1v) is 6.49. The first-order chi connectivity index (χ1) is 9.20. The van der Waals surface area contributed by atoms with Gasteiger partial charge in [0.2, 0.25) is 0 Å². The van der Waals surface area contributed by atoms with E-state index in [9.17, 15) is 0 Å². The Hall–Kier alpha value is -1.88. The van der Waals surface area contributed by atoms with Crippen molar-refractivity contribution in [2.75, 3.05) is 6.61 Å². The second kappa shape index (κ2) is 6.33. The summed E-state index contributed by atoms with van der Waals surface area (Å²) in [6, 6.07) is 7.86. The van der Waals surface area contributed by atoms with Crippen molar-refractivity contribution in [3.63, 3.8) is 0 Å². The minimum atomic E-state index is 0.498. The van der Waals surface area contributed by atoms with Gasteiger partial charge in [-0.3, -0.25) is 0 Å². The molecular formula is C14H20N4O. The fraction of sp³-hybridized carbons (Fsp3) is 0.429. The summed E-state index contributed by atoms with van der Waals surface area (Å²) >= 11 is 0. The molecule has 0 spiro atoms. The lowest BCUT2D eigenvalue weighted by molar-refractivity contribution is 0.295. The van der Waals surface area contributed by atoms with Gasteiger partial charge in [0.1, 0.15) is 17.4 Å². The van der Waals surface area contributed by atoms with Crippen LogP contribution in [0.3, 0.4) is 0 Å². The van der Waals surface area contributed by atoms with Gasteiger partial charge in [-0.15, -0.1) is 0 Å². The van der Waals surface area contributed by atoms with Gasteiger partial charge in [0.15, 0.2) is 0 Å². The highest BCUT2D eigenvalue weighted by Gasteiger charge is 2.03. The molecule has 19 heavy (non-hydrogen) atoms. The zero-order valence-electron chi connectivity index (χ0n) is 11.5. The smallest absolute Gasteiger partial charge is 0.147 e. The van der Waals surface area contributed by atoms with E-state index >= 15 is 0 Å². The average Bonchev–Trinajstić information content (AvgIpc) is 2.73. The van der Waals surface area contributed by atoms with Gasteiger partial charge in [0.05, 0.1) is 6.61 Å². The van der Waals surface area contributed by atoms with Gasteiger partial charge in [0, 0.05) is 25.1 Å². The molecule has 0 fully saturated rings. The summed E-state index contributed by atoms with van der Waals surface area (Å²) in [5, 5.41) is 4.32. The number of hydrogen-bond donors (Lipinski definition) is 1. The highest BCUT2D eigenvalue weighted by atomic mass is 16.5. The topological polar surface area (TPSA) is 66.0 Å². The van der Waals surface area contributed by atoms with Crippen molar-refractivity contribution in [2.45, 2.75) is 33.4 Å². The van der Waals surface area contributed by atoms with Gasteiger partial charge >= 0.3 is 0 Å². The van der Waals surface area contributed by atoms with Gasteiger partial charge in [-0.1, -0.05) is 18.2 Å². The Morgan fingerprint density at radius 2 is 2.05 bits per heavy atom. The first kappa shape index (κ1) is 13.5. The number of rotatable bonds is 6. The highest BCUT2D eigenvalue weighted by molar-refractivity contribution is 5.32. The van der Waals surface area contributed by atoms with E-state index in [0.29, 0.717) is 13.2 Å². The van der Waals surface area contributed by atoms with E-state index in [4.69, 9.17) is 10.5 Å². The van der Waals surface area contributed by atoms with Crippen molar-refractivity contribution in [2.24, 2.45) is 5.73 Å². The number of nitrogens with two attached hydrogens (primary N) is 1. The normalized spacial score (nSPS) is 10.7. The third-order valence-electron chi connectivity index (χ3n) is 2.93. The molecule has 0 aliphatic carbocycles. The fourth-order valence-electron chi connectivity index (χ4n) is 1.98. The number of aromatic nitrogens is 3. The second-order valence-corrected chi connectivity index (χ2v) is 4.44. The van der Waals surface area contributed by atoms with Crippen LogP contribution >= 0.6 is 0 Å². The highest BCUT2D eigenvalue weighted by Crippen LogP contribution is 2.17. The maximum absolute atomic E-state index is 5.75. The fourth-order valence-corrected chi connectivity index (χ4v) is 1.98. The standard InChI is InChI=1S/C14H20N4O/c1-11-16-12(2)18(17-11)8-5-9-19-14-7-4-3-6-13(14)10-15/h3-4,6-7H,5,8-10,15H2,1-2H3. The number of benzene rings is 1. The van der Waals surface area contributed by atoms with Crippen LogP contribution in [-0.2, 0) is 13.1 Å². The average molecular weight is 260 g/mol. The van der Waals surface area contributed by atoms with Crippen molar-refractivity contribution in [3.05, 3.63) is 41.5 Å². The molecule has 1 aromatic heterocycles. The third kappa shape index (κ3) is 3.54. The molecule has 0 radical (unpaired) electrons. The summed E-state index contributed by atoms with van der Waals surface area (Å²) < 4.78 is 7.67. The van der Waals surface area contributed by atoms with Crippen molar-refractivity contribution < 1.29 is 4.74 Å². The van der Waals surface area contributed by atoms with Crippen molar-refractivity contribution in [1.29, 1.82) is 0 Å². The summed E-state index contributed by atoms with van der Waals surface area (Å²) in [6.07, 6.45) is 0.891. The quantitative estimate of drug-likeness (QED) is 0.805. The Balaban J connectivity index is 1.82. The molecule has 5 nitrogen and oxygen atoms in total. The molecule has 0 amide bonds. The first-order valence-electron chi connectivity index (χ1n) is 6.49. The van der Waals surface area contributed by atoms with Gasteiger partial charge in [-0.05, 0) is 19.9 Å². The van der Waals surface area contributed by atoms with Crippen LogP contribution < -0.4 is 10.5 Å². The van der Waals surface area contributed by atoms with Crippen LogP contribution in [0.15, 0.2) is 24.3 Å². The minimum absolute atomic E-state index is 0.498. The summed E-state index contributed by atoms with van der Waals surface area (Å²) in [6.45, 7) is 5.83. The summed E-state index contributed by atoms with van der Waals surface area (Å²) in [5.41, 5.74) is 6.70. The lowest BCUT2D eigenvalue weighted by atomic mass is 10.2. The number of para-hydroxylation sites is 1. The molecule has 0 aliphatic rings. The predicted octanol–water partition coefficient (Wildman–Crippen LogP) is 1.82.